The number of guanidine groups is 1. The molecule has 1 amide bonds. The van der Waals surface area contributed by atoms with Crippen LogP contribution >= 0.6 is 0 Å². The lowest BCUT2D eigenvalue weighted by Gasteiger charge is -2.22. The topological polar surface area (TPSA) is 56.7 Å². The van der Waals surface area contributed by atoms with E-state index in [1.54, 1.807) is 7.05 Å². The average molecular weight is 330 g/mol. The van der Waals surface area contributed by atoms with Gasteiger partial charge in [-0.15, -0.1) is 0 Å². The monoisotopic (exact) mass is 330 g/mol. The van der Waals surface area contributed by atoms with Gasteiger partial charge >= 0.3 is 0 Å². The summed E-state index contributed by atoms with van der Waals surface area (Å²) >= 11 is 0. The lowest BCUT2D eigenvalue weighted by molar-refractivity contribution is -0.121. The Morgan fingerprint density at radius 1 is 1.25 bits per heavy atom. The van der Waals surface area contributed by atoms with E-state index in [2.05, 4.69) is 51.7 Å². The van der Waals surface area contributed by atoms with Crippen LogP contribution in [0.1, 0.15) is 43.2 Å². The minimum atomic E-state index is 0.131. The molecule has 0 heterocycles. The summed E-state index contributed by atoms with van der Waals surface area (Å²) in [4.78, 5) is 18.3. The van der Waals surface area contributed by atoms with E-state index in [0.717, 1.165) is 25.3 Å². The van der Waals surface area contributed by atoms with Crippen LogP contribution in [0.25, 0.3) is 0 Å². The summed E-state index contributed by atoms with van der Waals surface area (Å²) in [6.07, 6.45) is 5.20. The first-order valence-electron chi connectivity index (χ1n) is 8.85. The molecule has 2 N–H and O–H groups in total. The summed E-state index contributed by atoms with van der Waals surface area (Å²) < 4.78 is 0. The molecule has 1 saturated carbocycles. The lowest BCUT2D eigenvalue weighted by Crippen LogP contribution is -2.41. The van der Waals surface area contributed by atoms with Crippen LogP contribution in [0.2, 0.25) is 0 Å². The summed E-state index contributed by atoms with van der Waals surface area (Å²) in [5.74, 6) is 0.940. The van der Waals surface area contributed by atoms with Gasteiger partial charge in [-0.2, -0.15) is 0 Å². The Labute approximate surface area is 145 Å². The maximum Gasteiger partial charge on any atom is 0.221 e. The zero-order valence-corrected chi connectivity index (χ0v) is 15.1. The Balaban J connectivity index is 1.72. The van der Waals surface area contributed by atoms with E-state index in [4.69, 9.17) is 0 Å². The van der Waals surface area contributed by atoms with Crippen LogP contribution < -0.4 is 10.6 Å². The molecule has 0 saturated heterocycles. The number of nitrogens with one attached hydrogen (secondary N) is 2. The van der Waals surface area contributed by atoms with E-state index in [-0.39, 0.29) is 5.91 Å². The third kappa shape index (κ3) is 5.87. The number of aliphatic imine (C=N–C) groups is 1. The minimum absolute atomic E-state index is 0.131. The van der Waals surface area contributed by atoms with Crippen molar-refractivity contribution in [2.75, 3.05) is 20.6 Å². The predicted octanol–water partition coefficient (Wildman–Crippen LogP) is 2.45. The molecular weight excluding hydrogens is 300 g/mol. The number of carbonyl (C=O) groups is 1. The third-order valence-electron chi connectivity index (χ3n) is 4.47. The van der Waals surface area contributed by atoms with Crippen molar-refractivity contribution in [3.63, 3.8) is 0 Å². The smallest absolute Gasteiger partial charge is 0.221 e. The van der Waals surface area contributed by atoms with Crippen LogP contribution in [0, 0.1) is 6.92 Å². The molecule has 0 bridgehead atoms. The van der Waals surface area contributed by atoms with Crippen molar-refractivity contribution in [1.82, 2.24) is 15.5 Å². The largest absolute Gasteiger partial charge is 0.356 e. The Kier molecular flexibility index (Phi) is 7.09. The number of carbonyl (C=O) groups excluding carboxylic acids is 1. The van der Waals surface area contributed by atoms with Crippen molar-refractivity contribution < 1.29 is 4.79 Å². The second-order valence-corrected chi connectivity index (χ2v) is 6.61. The number of benzene rings is 1. The van der Waals surface area contributed by atoms with Crippen molar-refractivity contribution >= 4 is 11.9 Å². The van der Waals surface area contributed by atoms with Crippen LogP contribution in [-0.4, -0.2) is 43.4 Å². The summed E-state index contributed by atoms with van der Waals surface area (Å²) in [7, 11) is 3.78. The van der Waals surface area contributed by atoms with Crippen molar-refractivity contribution in [3.05, 3.63) is 35.4 Å². The first kappa shape index (κ1) is 18.3. The zero-order valence-electron chi connectivity index (χ0n) is 15.1. The molecule has 0 atom stereocenters. The lowest BCUT2D eigenvalue weighted by atomic mass is 10.1. The van der Waals surface area contributed by atoms with Crippen molar-refractivity contribution in [2.24, 2.45) is 4.99 Å². The molecule has 24 heavy (non-hydrogen) atoms. The van der Waals surface area contributed by atoms with Gasteiger partial charge in [-0.05, 0) is 25.3 Å². The molecule has 0 aromatic heterocycles. The van der Waals surface area contributed by atoms with Crippen LogP contribution in [0.4, 0.5) is 0 Å². The highest BCUT2D eigenvalue weighted by atomic mass is 16.1. The van der Waals surface area contributed by atoms with E-state index in [1.807, 2.05) is 7.05 Å². The highest BCUT2D eigenvalue weighted by molar-refractivity contribution is 5.81. The van der Waals surface area contributed by atoms with Crippen LogP contribution in [-0.2, 0) is 11.3 Å². The number of hydrogen-bond donors (Lipinski definition) is 2. The van der Waals surface area contributed by atoms with E-state index in [0.29, 0.717) is 19.0 Å². The Morgan fingerprint density at radius 2 is 1.92 bits per heavy atom. The summed E-state index contributed by atoms with van der Waals surface area (Å²) in [5.41, 5.74) is 2.50. The van der Waals surface area contributed by atoms with E-state index < -0.39 is 0 Å². The second kappa shape index (κ2) is 9.30. The Hall–Kier alpha value is -2.04. The average Bonchev–Trinajstić information content (AvgIpc) is 3.06. The fraction of sp³-hybridized carbons (Fsp3) is 0.579. The maximum absolute atomic E-state index is 12.0. The van der Waals surface area contributed by atoms with Gasteiger partial charge in [0.05, 0.1) is 0 Å². The summed E-state index contributed by atoms with van der Waals surface area (Å²) in [5, 5.41) is 6.38. The minimum Gasteiger partial charge on any atom is -0.356 e. The summed E-state index contributed by atoms with van der Waals surface area (Å²) in [6.45, 7) is 3.47. The van der Waals surface area contributed by atoms with Crippen LogP contribution in [0.5, 0.6) is 0 Å². The van der Waals surface area contributed by atoms with Crippen LogP contribution in [0.15, 0.2) is 29.3 Å². The highest BCUT2D eigenvalue weighted by Gasteiger charge is 2.16. The zero-order chi connectivity index (χ0) is 17.4. The molecule has 2 rings (SSSR count). The number of aryl methyl sites for hydroxylation is 1. The van der Waals surface area contributed by atoms with Gasteiger partial charge in [0.2, 0.25) is 5.91 Å². The standard InChI is InChI=1S/C19H30N4O/c1-15-8-10-16(11-9-15)14-23(3)19(20-2)21-13-12-18(24)22-17-6-4-5-7-17/h8-11,17H,4-7,12-14H2,1-3H3,(H,20,21)(H,22,24). The fourth-order valence-corrected chi connectivity index (χ4v) is 3.08. The molecule has 0 aliphatic heterocycles. The SMILES string of the molecule is CN=C(NCCC(=O)NC1CCCC1)N(C)Cc1ccc(C)cc1. The highest BCUT2D eigenvalue weighted by Crippen LogP contribution is 2.17. The third-order valence-corrected chi connectivity index (χ3v) is 4.47. The molecule has 1 fully saturated rings. The van der Waals surface area contributed by atoms with Gasteiger partial charge < -0.3 is 15.5 Å². The van der Waals surface area contributed by atoms with Crippen molar-refractivity contribution in [1.29, 1.82) is 0 Å². The van der Waals surface area contributed by atoms with E-state index in [1.165, 1.54) is 24.0 Å². The van der Waals surface area contributed by atoms with Crippen LogP contribution in [0.3, 0.4) is 0 Å². The molecule has 0 unspecified atom stereocenters. The fourth-order valence-electron chi connectivity index (χ4n) is 3.08. The van der Waals surface area contributed by atoms with E-state index in [9.17, 15) is 4.79 Å². The molecule has 0 spiro atoms. The van der Waals surface area contributed by atoms with Gasteiger partial charge in [0.15, 0.2) is 5.96 Å². The first-order valence-corrected chi connectivity index (χ1v) is 8.85. The normalized spacial score (nSPS) is 15.4. The van der Waals surface area contributed by atoms with Gasteiger partial charge in [-0.25, -0.2) is 0 Å². The molecule has 132 valence electrons. The molecule has 5 nitrogen and oxygen atoms in total. The molecule has 5 heteroatoms. The number of rotatable bonds is 6. The predicted molar refractivity (Wildman–Crippen MR) is 99.0 cm³/mol. The molecular formula is C19H30N4O. The second-order valence-electron chi connectivity index (χ2n) is 6.61. The number of amides is 1. The summed E-state index contributed by atoms with van der Waals surface area (Å²) in [6, 6.07) is 8.89. The first-order chi connectivity index (χ1) is 11.6. The molecule has 1 aromatic rings. The van der Waals surface area contributed by atoms with Gasteiger partial charge in [0.25, 0.3) is 0 Å². The van der Waals surface area contributed by atoms with Crippen molar-refractivity contribution in [2.45, 2.75) is 51.6 Å². The van der Waals surface area contributed by atoms with Gasteiger partial charge in [0.1, 0.15) is 0 Å². The van der Waals surface area contributed by atoms with Gasteiger partial charge in [-0.1, -0.05) is 42.7 Å². The Bertz CT molecular complexity index is 547. The number of hydrogen-bond acceptors (Lipinski definition) is 2. The maximum atomic E-state index is 12.0. The van der Waals surface area contributed by atoms with Gasteiger partial charge in [0, 0.05) is 39.6 Å². The van der Waals surface area contributed by atoms with Gasteiger partial charge in [-0.3, -0.25) is 9.79 Å². The Morgan fingerprint density at radius 3 is 2.54 bits per heavy atom. The quantitative estimate of drug-likeness (QED) is 0.622. The molecule has 1 aliphatic carbocycles. The molecule has 1 aromatic carbocycles. The molecule has 0 radical (unpaired) electrons. The molecule has 1 aliphatic rings. The number of nitrogens with zero attached hydrogens (tertiary/aromatic N) is 2. The van der Waals surface area contributed by atoms with E-state index >= 15 is 0 Å². The van der Waals surface area contributed by atoms with Crippen molar-refractivity contribution in [3.8, 4) is 0 Å².